The van der Waals surface area contributed by atoms with Gasteiger partial charge in [-0.15, -0.1) is 0 Å². The third-order valence-corrected chi connectivity index (χ3v) is 2.65. The highest BCUT2D eigenvalue weighted by Gasteiger charge is 2.21. The van der Waals surface area contributed by atoms with Gasteiger partial charge in [0.1, 0.15) is 18.8 Å². The average molecular weight is 337 g/mol. The quantitative estimate of drug-likeness (QED) is 0.619. The average Bonchev–Trinajstić information content (AvgIpc) is 2.50. The summed E-state index contributed by atoms with van der Waals surface area (Å²) < 4.78 is 10.1. The Hall–Kier alpha value is -2.64. The van der Waals surface area contributed by atoms with Crippen molar-refractivity contribution in [3.8, 4) is 0 Å². The van der Waals surface area contributed by atoms with Crippen molar-refractivity contribution in [2.45, 2.75) is 26.4 Å². The molecule has 0 saturated carbocycles. The molecule has 8 nitrogen and oxygen atoms in total. The zero-order valence-electron chi connectivity index (χ0n) is 14.4. The Morgan fingerprint density at radius 1 is 1.29 bits per heavy atom. The first kappa shape index (κ1) is 19.4. The summed E-state index contributed by atoms with van der Waals surface area (Å²) in [7, 11) is 1.44. The molecule has 8 heteroatoms. The normalized spacial score (nSPS) is 10.7. The lowest BCUT2D eigenvalue weighted by Crippen LogP contribution is -2.38. The van der Waals surface area contributed by atoms with Crippen LogP contribution >= 0.6 is 0 Å². The third-order valence-electron chi connectivity index (χ3n) is 2.65. The molecule has 0 saturated heterocycles. The van der Waals surface area contributed by atoms with Crippen molar-refractivity contribution in [2.24, 2.45) is 0 Å². The Bertz CT molecular complexity index is 569. The van der Waals surface area contributed by atoms with Crippen LogP contribution in [-0.2, 0) is 14.3 Å². The number of carbonyl (C=O) groups excluding carboxylic acids is 3. The molecule has 1 heterocycles. The van der Waals surface area contributed by atoms with Crippen molar-refractivity contribution in [3.63, 3.8) is 0 Å². The second-order valence-electron chi connectivity index (χ2n) is 6.05. The van der Waals surface area contributed by atoms with Gasteiger partial charge in [-0.3, -0.25) is 14.6 Å². The molecule has 132 valence electrons. The molecule has 24 heavy (non-hydrogen) atoms. The first-order valence-electron chi connectivity index (χ1n) is 7.47. The molecular weight excluding hydrogens is 314 g/mol. The number of pyridine rings is 1. The molecule has 1 aromatic rings. The lowest BCUT2D eigenvalue weighted by molar-refractivity contribution is -0.144. The molecule has 0 fully saturated rings. The number of ether oxygens (including phenoxy) is 2. The van der Waals surface area contributed by atoms with Gasteiger partial charge in [0, 0.05) is 19.4 Å². The topological polar surface area (TPSA) is 97.8 Å². The summed E-state index contributed by atoms with van der Waals surface area (Å²) in [6.07, 6.45) is 2.40. The Kier molecular flexibility index (Phi) is 7.16. The predicted molar refractivity (Wildman–Crippen MR) is 86.4 cm³/mol. The number of carbonyl (C=O) groups is 3. The van der Waals surface area contributed by atoms with Gasteiger partial charge in [-0.25, -0.2) is 4.79 Å². The summed E-state index contributed by atoms with van der Waals surface area (Å²) >= 11 is 0. The maximum Gasteiger partial charge on any atom is 0.410 e. The number of aromatic nitrogens is 1. The van der Waals surface area contributed by atoms with Crippen molar-refractivity contribution >= 4 is 18.0 Å². The molecule has 1 rings (SSSR count). The minimum absolute atomic E-state index is 0.00694. The summed E-state index contributed by atoms with van der Waals surface area (Å²) in [5.41, 5.74) is -0.209. The number of hydrogen-bond acceptors (Lipinski definition) is 6. The van der Waals surface area contributed by atoms with Crippen LogP contribution in [0.2, 0.25) is 0 Å². The molecule has 1 N–H and O–H groups in total. The van der Waals surface area contributed by atoms with Crippen LogP contribution < -0.4 is 5.32 Å². The minimum atomic E-state index is -0.633. The fourth-order valence-corrected chi connectivity index (χ4v) is 1.57. The van der Waals surface area contributed by atoms with Crippen molar-refractivity contribution in [1.29, 1.82) is 0 Å². The highest BCUT2D eigenvalue weighted by atomic mass is 16.6. The van der Waals surface area contributed by atoms with Crippen molar-refractivity contribution < 1.29 is 23.9 Å². The van der Waals surface area contributed by atoms with Crippen LogP contribution in [0.3, 0.4) is 0 Å². The zero-order chi connectivity index (χ0) is 18.2. The fraction of sp³-hybridized carbons (Fsp3) is 0.500. The van der Waals surface area contributed by atoms with Crippen molar-refractivity contribution in [3.05, 3.63) is 30.1 Å². The molecular formula is C16H23N3O5. The number of nitrogens with one attached hydrogen (secondary N) is 1. The number of likely N-dealkylation sites (N-methyl/N-ethyl adjacent to an activating group) is 1. The summed E-state index contributed by atoms with van der Waals surface area (Å²) in [5, 5.41) is 2.60. The SMILES string of the molecule is CN(CC(=O)OCCNC(=O)c1cccnc1)C(=O)OC(C)(C)C. The summed E-state index contributed by atoms with van der Waals surface area (Å²) in [6.45, 7) is 5.15. The van der Waals surface area contributed by atoms with E-state index >= 15 is 0 Å². The zero-order valence-corrected chi connectivity index (χ0v) is 14.4. The Morgan fingerprint density at radius 2 is 2.00 bits per heavy atom. The summed E-state index contributed by atoms with van der Waals surface area (Å²) in [6, 6.07) is 3.28. The van der Waals surface area contributed by atoms with Gasteiger partial charge in [-0.05, 0) is 32.9 Å². The molecule has 0 aliphatic rings. The maximum atomic E-state index is 11.7. The van der Waals surface area contributed by atoms with Crippen LogP contribution in [0.4, 0.5) is 4.79 Å². The molecule has 0 aliphatic heterocycles. The smallest absolute Gasteiger partial charge is 0.410 e. The van der Waals surface area contributed by atoms with E-state index in [1.54, 1.807) is 39.1 Å². The Balaban J connectivity index is 2.24. The van der Waals surface area contributed by atoms with Gasteiger partial charge in [0.25, 0.3) is 5.91 Å². The van der Waals surface area contributed by atoms with Gasteiger partial charge in [-0.1, -0.05) is 0 Å². The number of rotatable bonds is 6. The van der Waals surface area contributed by atoms with E-state index in [-0.39, 0.29) is 25.6 Å². The Labute approximate surface area is 141 Å². The number of amides is 2. The van der Waals surface area contributed by atoms with E-state index in [9.17, 15) is 14.4 Å². The van der Waals surface area contributed by atoms with E-state index in [4.69, 9.17) is 9.47 Å². The van der Waals surface area contributed by atoms with E-state index in [0.717, 1.165) is 4.90 Å². The van der Waals surface area contributed by atoms with Crippen LogP contribution in [-0.4, -0.2) is 60.2 Å². The van der Waals surface area contributed by atoms with Gasteiger partial charge in [0.05, 0.1) is 12.1 Å². The molecule has 0 aliphatic carbocycles. The fourth-order valence-electron chi connectivity index (χ4n) is 1.57. The van der Waals surface area contributed by atoms with Gasteiger partial charge in [-0.2, -0.15) is 0 Å². The first-order chi connectivity index (χ1) is 11.2. The highest BCUT2D eigenvalue weighted by molar-refractivity contribution is 5.93. The van der Waals surface area contributed by atoms with E-state index in [1.165, 1.54) is 13.2 Å². The number of nitrogens with zero attached hydrogens (tertiary/aromatic N) is 2. The van der Waals surface area contributed by atoms with Crippen LogP contribution in [0.5, 0.6) is 0 Å². The number of esters is 1. The molecule has 1 aromatic heterocycles. The standard InChI is InChI=1S/C16H23N3O5/c1-16(2,3)24-15(22)19(4)11-13(20)23-9-8-18-14(21)12-6-5-7-17-10-12/h5-7,10H,8-9,11H2,1-4H3,(H,18,21). The van der Waals surface area contributed by atoms with Crippen molar-refractivity contribution in [1.82, 2.24) is 15.2 Å². The van der Waals surface area contributed by atoms with Gasteiger partial charge in [0.2, 0.25) is 0 Å². The molecule has 0 radical (unpaired) electrons. The molecule has 2 amide bonds. The van der Waals surface area contributed by atoms with E-state index in [0.29, 0.717) is 5.56 Å². The lowest BCUT2D eigenvalue weighted by atomic mass is 10.2. The third kappa shape index (κ3) is 7.57. The summed E-state index contributed by atoms with van der Waals surface area (Å²) in [4.78, 5) is 40.0. The first-order valence-corrected chi connectivity index (χ1v) is 7.47. The van der Waals surface area contributed by atoms with Gasteiger partial charge < -0.3 is 19.7 Å². The predicted octanol–water partition coefficient (Wildman–Crippen LogP) is 1.22. The second-order valence-corrected chi connectivity index (χ2v) is 6.05. The molecule has 0 bridgehead atoms. The number of hydrogen-bond donors (Lipinski definition) is 1. The molecule has 0 spiro atoms. The van der Waals surface area contributed by atoms with E-state index in [2.05, 4.69) is 10.3 Å². The van der Waals surface area contributed by atoms with Crippen LogP contribution in [0, 0.1) is 0 Å². The highest BCUT2D eigenvalue weighted by Crippen LogP contribution is 2.08. The lowest BCUT2D eigenvalue weighted by Gasteiger charge is -2.24. The second kappa shape index (κ2) is 8.85. The van der Waals surface area contributed by atoms with E-state index < -0.39 is 17.7 Å². The van der Waals surface area contributed by atoms with Gasteiger partial charge >= 0.3 is 12.1 Å². The minimum Gasteiger partial charge on any atom is -0.462 e. The largest absolute Gasteiger partial charge is 0.462 e. The van der Waals surface area contributed by atoms with Gasteiger partial charge in [0.15, 0.2) is 0 Å². The van der Waals surface area contributed by atoms with E-state index in [1.807, 2.05) is 0 Å². The molecule has 0 aromatic carbocycles. The van der Waals surface area contributed by atoms with Crippen LogP contribution in [0.25, 0.3) is 0 Å². The molecule has 0 atom stereocenters. The molecule has 0 unspecified atom stereocenters. The monoisotopic (exact) mass is 337 g/mol. The van der Waals surface area contributed by atoms with Crippen LogP contribution in [0.1, 0.15) is 31.1 Å². The van der Waals surface area contributed by atoms with Crippen molar-refractivity contribution in [2.75, 3.05) is 26.7 Å². The maximum absolute atomic E-state index is 11.7. The van der Waals surface area contributed by atoms with Crippen LogP contribution in [0.15, 0.2) is 24.5 Å². The Morgan fingerprint density at radius 3 is 2.58 bits per heavy atom. The summed E-state index contributed by atoms with van der Waals surface area (Å²) in [5.74, 6) is -0.885.